The van der Waals surface area contributed by atoms with Crippen molar-refractivity contribution in [2.75, 3.05) is 13.2 Å². The fourth-order valence-corrected chi connectivity index (χ4v) is 2.50. The molecule has 128 valence electrons. The molecule has 2 aromatic rings. The molecule has 0 heterocycles. The molecule has 24 heavy (non-hydrogen) atoms. The summed E-state index contributed by atoms with van der Waals surface area (Å²) in [5.41, 5.74) is 2.22. The average Bonchev–Trinajstić information content (AvgIpc) is 2.62. The summed E-state index contributed by atoms with van der Waals surface area (Å²) in [6, 6.07) is 17.0. The lowest BCUT2D eigenvalue weighted by Gasteiger charge is -2.16. The maximum absolute atomic E-state index is 10.8. The van der Waals surface area contributed by atoms with Crippen LogP contribution in [0.4, 0.5) is 5.69 Å². The first-order valence-corrected chi connectivity index (χ1v) is 8.22. The number of nitrogens with zero attached hydrogens (tertiary/aromatic N) is 1. The maximum Gasteiger partial charge on any atom is 0.269 e. The van der Waals surface area contributed by atoms with Crippen LogP contribution in [0.25, 0.3) is 0 Å². The van der Waals surface area contributed by atoms with Crippen LogP contribution >= 0.6 is 0 Å². The molecule has 0 fully saturated rings. The largest absolute Gasteiger partial charge is 0.374 e. The van der Waals surface area contributed by atoms with Gasteiger partial charge in [-0.05, 0) is 37.9 Å². The Kier molecular flexibility index (Phi) is 6.90. The summed E-state index contributed by atoms with van der Waals surface area (Å²) in [6.45, 7) is 5.52. The van der Waals surface area contributed by atoms with Crippen molar-refractivity contribution in [3.05, 3.63) is 75.8 Å². The van der Waals surface area contributed by atoms with Gasteiger partial charge in [0.2, 0.25) is 0 Å². The second-order valence-electron chi connectivity index (χ2n) is 5.81. The fourth-order valence-electron chi connectivity index (χ4n) is 2.50. The third kappa shape index (κ3) is 5.44. The summed E-state index contributed by atoms with van der Waals surface area (Å²) in [7, 11) is 0. The number of benzene rings is 2. The van der Waals surface area contributed by atoms with E-state index in [2.05, 4.69) is 24.4 Å². The van der Waals surface area contributed by atoms with Gasteiger partial charge < -0.3 is 10.1 Å². The van der Waals surface area contributed by atoms with Crippen molar-refractivity contribution in [1.82, 2.24) is 5.32 Å². The van der Waals surface area contributed by atoms with Crippen LogP contribution in [-0.4, -0.2) is 18.1 Å². The Balaban J connectivity index is 1.70. The molecular weight excluding hydrogens is 304 g/mol. The van der Waals surface area contributed by atoms with E-state index >= 15 is 0 Å². The van der Waals surface area contributed by atoms with Crippen LogP contribution in [0.1, 0.15) is 43.5 Å². The van der Waals surface area contributed by atoms with Gasteiger partial charge in [-0.3, -0.25) is 10.1 Å². The summed E-state index contributed by atoms with van der Waals surface area (Å²) >= 11 is 0. The zero-order chi connectivity index (χ0) is 17.4. The van der Waals surface area contributed by atoms with Gasteiger partial charge >= 0.3 is 0 Å². The van der Waals surface area contributed by atoms with E-state index in [1.807, 2.05) is 31.2 Å². The highest BCUT2D eigenvalue weighted by Gasteiger charge is 2.10. The standard InChI is InChI=1S/C19H24N2O3/c1-15(18-10-6-11-19(14-18)21(22)23)20-12-7-13-24-16(2)17-8-4-3-5-9-17/h3-6,8-11,14-16,20H,7,12-13H2,1-2H3. The van der Waals surface area contributed by atoms with Crippen molar-refractivity contribution in [2.24, 2.45) is 0 Å². The third-order valence-corrected chi connectivity index (χ3v) is 3.99. The first kappa shape index (κ1) is 18.1. The molecule has 2 aromatic carbocycles. The highest BCUT2D eigenvalue weighted by molar-refractivity contribution is 5.35. The highest BCUT2D eigenvalue weighted by Crippen LogP contribution is 2.19. The van der Waals surface area contributed by atoms with Crippen LogP contribution in [0.3, 0.4) is 0 Å². The van der Waals surface area contributed by atoms with Gasteiger partial charge in [0.05, 0.1) is 11.0 Å². The lowest BCUT2D eigenvalue weighted by atomic mass is 10.1. The smallest absolute Gasteiger partial charge is 0.269 e. The summed E-state index contributed by atoms with van der Waals surface area (Å²) in [5, 5.41) is 14.2. The van der Waals surface area contributed by atoms with Gasteiger partial charge in [0.1, 0.15) is 0 Å². The number of hydrogen-bond acceptors (Lipinski definition) is 4. The minimum absolute atomic E-state index is 0.0662. The SMILES string of the molecule is CC(NCCCOC(C)c1ccccc1)c1cccc([N+](=O)[O-])c1. The third-order valence-electron chi connectivity index (χ3n) is 3.99. The fraction of sp³-hybridized carbons (Fsp3) is 0.368. The summed E-state index contributed by atoms with van der Waals surface area (Å²) in [4.78, 5) is 10.5. The summed E-state index contributed by atoms with van der Waals surface area (Å²) in [5.74, 6) is 0. The maximum atomic E-state index is 10.8. The van der Waals surface area contributed by atoms with E-state index in [1.54, 1.807) is 12.1 Å². The summed E-state index contributed by atoms with van der Waals surface area (Å²) < 4.78 is 5.84. The lowest BCUT2D eigenvalue weighted by Crippen LogP contribution is -2.21. The molecule has 2 rings (SSSR count). The molecule has 1 N–H and O–H groups in total. The lowest BCUT2D eigenvalue weighted by molar-refractivity contribution is -0.384. The number of ether oxygens (including phenoxy) is 1. The molecule has 2 unspecified atom stereocenters. The number of hydrogen-bond donors (Lipinski definition) is 1. The topological polar surface area (TPSA) is 64.4 Å². The number of nitro benzene ring substituents is 1. The molecule has 0 aromatic heterocycles. The molecule has 0 aliphatic carbocycles. The van der Waals surface area contributed by atoms with Crippen LogP contribution in [0.2, 0.25) is 0 Å². The minimum Gasteiger partial charge on any atom is -0.374 e. The van der Waals surface area contributed by atoms with Crippen LogP contribution in [0, 0.1) is 10.1 Å². The van der Waals surface area contributed by atoms with Crippen molar-refractivity contribution >= 4 is 5.69 Å². The monoisotopic (exact) mass is 328 g/mol. The van der Waals surface area contributed by atoms with E-state index in [0.717, 1.165) is 18.5 Å². The van der Waals surface area contributed by atoms with Crippen LogP contribution in [0.5, 0.6) is 0 Å². The Morgan fingerprint density at radius 3 is 2.50 bits per heavy atom. The van der Waals surface area contributed by atoms with Gasteiger partial charge in [-0.1, -0.05) is 42.5 Å². The quantitative estimate of drug-likeness (QED) is 0.420. The first-order chi connectivity index (χ1) is 11.6. The van der Waals surface area contributed by atoms with Crippen molar-refractivity contribution in [3.63, 3.8) is 0 Å². The van der Waals surface area contributed by atoms with Crippen molar-refractivity contribution in [1.29, 1.82) is 0 Å². The molecule has 5 nitrogen and oxygen atoms in total. The van der Waals surface area contributed by atoms with Crippen molar-refractivity contribution in [2.45, 2.75) is 32.4 Å². The Bertz CT molecular complexity index is 646. The summed E-state index contributed by atoms with van der Waals surface area (Å²) in [6.07, 6.45) is 0.969. The molecule has 0 saturated heterocycles. The van der Waals surface area contributed by atoms with Gasteiger partial charge in [0, 0.05) is 24.8 Å². The second kappa shape index (κ2) is 9.15. The van der Waals surface area contributed by atoms with E-state index < -0.39 is 0 Å². The predicted molar refractivity (Wildman–Crippen MR) is 94.9 cm³/mol. The Morgan fingerprint density at radius 1 is 1.08 bits per heavy atom. The van der Waals surface area contributed by atoms with Crippen LogP contribution < -0.4 is 5.32 Å². The van der Waals surface area contributed by atoms with Gasteiger partial charge in [-0.25, -0.2) is 0 Å². The average molecular weight is 328 g/mol. The number of nitrogens with one attached hydrogen (secondary N) is 1. The highest BCUT2D eigenvalue weighted by atomic mass is 16.6. The normalized spacial score (nSPS) is 13.4. The first-order valence-electron chi connectivity index (χ1n) is 8.22. The van der Waals surface area contributed by atoms with E-state index in [-0.39, 0.29) is 22.8 Å². The van der Waals surface area contributed by atoms with Gasteiger partial charge in [-0.15, -0.1) is 0 Å². The zero-order valence-corrected chi connectivity index (χ0v) is 14.1. The van der Waals surface area contributed by atoms with Crippen LogP contribution in [-0.2, 0) is 4.74 Å². The molecule has 0 bridgehead atoms. The van der Waals surface area contributed by atoms with Crippen molar-refractivity contribution in [3.8, 4) is 0 Å². The van der Waals surface area contributed by atoms with E-state index in [1.165, 1.54) is 11.6 Å². The van der Waals surface area contributed by atoms with E-state index in [0.29, 0.717) is 6.61 Å². The predicted octanol–water partition coefficient (Wildman–Crippen LogP) is 4.41. The Morgan fingerprint density at radius 2 is 1.79 bits per heavy atom. The second-order valence-corrected chi connectivity index (χ2v) is 5.81. The van der Waals surface area contributed by atoms with Gasteiger partial charge in [0.25, 0.3) is 5.69 Å². The van der Waals surface area contributed by atoms with Gasteiger partial charge in [-0.2, -0.15) is 0 Å². The molecule has 0 aliphatic rings. The Hall–Kier alpha value is -2.24. The number of nitro groups is 1. The minimum atomic E-state index is -0.366. The van der Waals surface area contributed by atoms with Crippen LogP contribution in [0.15, 0.2) is 54.6 Å². The molecule has 0 amide bonds. The molecule has 2 atom stereocenters. The Labute approximate surface area is 142 Å². The molecule has 0 radical (unpaired) electrons. The molecular formula is C19H24N2O3. The molecule has 0 spiro atoms. The number of rotatable bonds is 9. The molecule has 0 saturated carbocycles. The molecule has 5 heteroatoms. The van der Waals surface area contributed by atoms with E-state index in [4.69, 9.17) is 4.74 Å². The zero-order valence-electron chi connectivity index (χ0n) is 14.1. The van der Waals surface area contributed by atoms with Gasteiger partial charge in [0.15, 0.2) is 0 Å². The van der Waals surface area contributed by atoms with E-state index in [9.17, 15) is 10.1 Å². The molecule has 0 aliphatic heterocycles. The van der Waals surface area contributed by atoms with Crippen molar-refractivity contribution < 1.29 is 9.66 Å². The number of non-ortho nitro benzene ring substituents is 1.